The molecule has 1 aliphatic rings. The summed E-state index contributed by atoms with van der Waals surface area (Å²) in [5.41, 5.74) is 0.640. The smallest absolute Gasteiger partial charge is 0.180 e. The first-order chi connectivity index (χ1) is 9.15. The number of phenolic OH excluding ortho intramolecular Hbond substituents is 1. The maximum Gasteiger partial charge on any atom is 0.180 e. The van der Waals surface area contributed by atoms with Crippen molar-refractivity contribution in [2.75, 3.05) is 31.1 Å². The molecule has 1 N–H and O–H groups in total. The number of aromatic nitrogens is 1. The third-order valence-corrected chi connectivity index (χ3v) is 3.78. The number of benzene rings is 1. The second kappa shape index (κ2) is 4.74. The third kappa shape index (κ3) is 2.26. The number of fused-ring (bicyclic) bond motifs is 1. The summed E-state index contributed by atoms with van der Waals surface area (Å²) in [5, 5.41) is 14.6. The zero-order chi connectivity index (χ0) is 13.4. The Morgan fingerprint density at radius 2 is 1.95 bits per heavy atom. The van der Waals surface area contributed by atoms with Crippen LogP contribution in [-0.4, -0.2) is 47.4 Å². The second-order valence-electron chi connectivity index (χ2n) is 5.30. The Morgan fingerprint density at radius 3 is 2.63 bits per heavy atom. The van der Waals surface area contributed by atoms with E-state index in [2.05, 4.69) is 28.8 Å². The normalized spacial score (nSPS) is 17.5. The van der Waals surface area contributed by atoms with Crippen LogP contribution in [0.15, 0.2) is 22.7 Å². The van der Waals surface area contributed by atoms with Gasteiger partial charge in [-0.15, -0.1) is 0 Å². The van der Waals surface area contributed by atoms with E-state index in [9.17, 15) is 5.11 Å². The molecule has 0 unspecified atom stereocenters. The molecule has 0 amide bonds. The van der Waals surface area contributed by atoms with Crippen molar-refractivity contribution >= 4 is 16.8 Å². The van der Waals surface area contributed by atoms with Crippen LogP contribution in [0.1, 0.15) is 13.8 Å². The Morgan fingerprint density at radius 1 is 1.21 bits per heavy atom. The number of anilines is 1. The molecule has 5 nitrogen and oxygen atoms in total. The van der Waals surface area contributed by atoms with Gasteiger partial charge in [0, 0.05) is 38.3 Å². The minimum absolute atomic E-state index is 0.208. The van der Waals surface area contributed by atoms with E-state index in [0.717, 1.165) is 37.4 Å². The molecular weight excluding hydrogens is 242 g/mol. The van der Waals surface area contributed by atoms with Gasteiger partial charge in [0.1, 0.15) is 5.75 Å². The maximum absolute atomic E-state index is 9.44. The van der Waals surface area contributed by atoms with E-state index in [-0.39, 0.29) is 5.75 Å². The molecule has 19 heavy (non-hydrogen) atoms. The summed E-state index contributed by atoms with van der Waals surface area (Å²) >= 11 is 0. The predicted octanol–water partition coefficient (Wildman–Crippen LogP) is 2.06. The molecule has 3 rings (SSSR count). The maximum atomic E-state index is 9.44. The van der Waals surface area contributed by atoms with E-state index in [4.69, 9.17) is 4.52 Å². The van der Waals surface area contributed by atoms with Crippen molar-refractivity contribution < 1.29 is 9.63 Å². The molecule has 1 aromatic heterocycles. The molecule has 0 aliphatic carbocycles. The summed E-state index contributed by atoms with van der Waals surface area (Å²) in [6, 6.07) is 5.74. The number of nitrogens with zero attached hydrogens (tertiary/aromatic N) is 3. The van der Waals surface area contributed by atoms with Gasteiger partial charge in [0.2, 0.25) is 0 Å². The lowest BCUT2D eigenvalue weighted by atomic mass is 10.2. The topological polar surface area (TPSA) is 52.7 Å². The van der Waals surface area contributed by atoms with Crippen LogP contribution in [0, 0.1) is 0 Å². The molecule has 1 saturated heterocycles. The fourth-order valence-electron chi connectivity index (χ4n) is 2.59. The van der Waals surface area contributed by atoms with Gasteiger partial charge in [0.25, 0.3) is 0 Å². The molecule has 0 spiro atoms. The standard InChI is InChI=1S/C14H19N3O2/c1-10(2)16-5-7-17(8-6-16)14-12-4-3-11(18)9-13(12)19-15-14/h3-4,9-10,18H,5-8H2,1-2H3. The molecule has 2 aromatic rings. The summed E-state index contributed by atoms with van der Waals surface area (Å²) in [6.45, 7) is 8.46. The van der Waals surface area contributed by atoms with Crippen molar-refractivity contribution in [1.82, 2.24) is 10.1 Å². The molecular formula is C14H19N3O2. The van der Waals surface area contributed by atoms with Gasteiger partial charge in [-0.1, -0.05) is 5.16 Å². The molecule has 2 heterocycles. The Kier molecular flexibility index (Phi) is 3.06. The molecule has 0 atom stereocenters. The molecule has 5 heteroatoms. The van der Waals surface area contributed by atoms with Crippen LogP contribution in [0.4, 0.5) is 5.82 Å². The molecule has 0 radical (unpaired) electrons. The van der Waals surface area contributed by atoms with Crippen molar-refractivity contribution in [2.45, 2.75) is 19.9 Å². The highest BCUT2D eigenvalue weighted by Gasteiger charge is 2.22. The minimum atomic E-state index is 0.208. The third-order valence-electron chi connectivity index (χ3n) is 3.78. The molecule has 0 saturated carbocycles. The zero-order valence-electron chi connectivity index (χ0n) is 11.3. The van der Waals surface area contributed by atoms with Gasteiger partial charge in [0.15, 0.2) is 11.4 Å². The van der Waals surface area contributed by atoms with Gasteiger partial charge in [-0.25, -0.2) is 0 Å². The van der Waals surface area contributed by atoms with E-state index in [1.165, 1.54) is 0 Å². The summed E-state index contributed by atoms with van der Waals surface area (Å²) in [7, 11) is 0. The van der Waals surface area contributed by atoms with Crippen LogP contribution in [0.5, 0.6) is 5.75 Å². The molecule has 1 aromatic carbocycles. The van der Waals surface area contributed by atoms with Crippen molar-refractivity contribution in [2.24, 2.45) is 0 Å². The summed E-state index contributed by atoms with van der Waals surface area (Å²) in [5.74, 6) is 1.10. The Bertz CT molecular complexity index is 571. The van der Waals surface area contributed by atoms with Crippen molar-refractivity contribution in [1.29, 1.82) is 0 Å². The van der Waals surface area contributed by atoms with Crippen molar-refractivity contribution in [3.63, 3.8) is 0 Å². The monoisotopic (exact) mass is 261 g/mol. The first kappa shape index (κ1) is 12.3. The zero-order valence-corrected chi connectivity index (χ0v) is 11.3. The Balaban J connectivity index is 1.82. The average molecular weight is 261 g/mol. The van der Waals surface area contributed by atoms with Crippen LogP contribution in [0.3, 0.4) is 0 Å². The van der Waals surface area contributed by atoms with Crippen LogP contribution < -0.4 is 4.90 Å². The predicted molar refractivity (Wildman–Crippen MR) is 74.6 cm³/mol. The van der Waals surface area contributed by atoms with Gasteiger partial charge >= 0.3 is 0 Å². The Hall–Kier alpha value is -1.75. The number of piperazine rings is 1. The summed E-state index contributed by atoms with van der Waals surface area (Å²) in [6.07, 6.45) is 0. The second-order valence-corrected chi connectivity index (χ2v) is 5.30. The highest BCUT2D eigenvalue weighted by Crippen LogP contribution is 2.29. The molecule has 0 bridgehead atoms. The largest absolute Gasteiger partial charge is 0.508 e. The average Bonchev–Trinajstić information content (AvgIpc) is 2.81. The summed E-state index contributed by atoms with van der Waals surface area (Å²) in [4.78, 5) is 4.71. The first-order valence-corrected chi connectivity index (χ1v) is 6.72. The van der Waals surface area contributed by atoms with E-state index >= 15 is 0 Å². The van der Waals surface area contributed by atoms with Crippen LogP contribution in [0.2, 0.25) is 0 Å². The van der Waals surface area contributed by atoms with E-state index in [1.807, 2.05) is 6.07 Å². The minimum Gasteiger partial charge on any atom is -0.508 e. The molecule has 102 valence electrons. The summed E-state index contributed by atoms with van der Waals surface area (Å²) < 4.78 is 5.29. The SMILES string of the molecule is CC(C)N1CCN(c2noc3cc(O)ccc23)CC1. The first-order valence-electron chi connectivity index (χ1n) is 6.72. The van der Waals surface area contributed by atoms with Gasteiger partial charge in [0.05, 0.1) is 5.39 Å². The quantitative estimate of drug-likeness (QED) is 0.896. The van der Waals surface area contributed by atoms with Crippen LogP contribution >= 0.6 is 0 Å². The highest BCUT2D eigenvalue weighted by atomic mass is 16.5. The number of phenols is 1. The number of hydrogen-bond donors (Lipinski definition) is 1. The van der Waals surface area contributed by atoms with E-state index in [1.54, 1.807) is 12.1 Å². The van der Waals surface area contributed by atoms with Crippen LogP contribution in [0.25, 0.3) is 11.0 Å². The van der Waals surface area contributed by atoms with Gasteiger partial charge in [-0.05, 0) is 26.0 Å². The lowest BCUT2D eigenvalue weighted by Gasteiger charge is -2.36. The van der Waals surface area contributed by atoms with E-state index in [0.29, 0.717) is 11.6 Å². The number of aromatic hydroxyl groups is 1. The van der Waals surface area contributed by atoms with Crippen molar-refractivity contribution in [3.05, 3.63) is 18.2 Å². The highest BCUT2D eigenvalue weighted by molar-refractivity contribution is 5.89. The van der Waals surface area contributed by atoms with E-state index < -0.39 is 0 Å². The number of hydrogen-bond acceptors (Lipinski definition) is 5. The van der Waals surface area contributed by atoms with Gasteiger partial charge in [-0.3, -0.25) is 4.90 Å². The van der Waals surface area contributed by atoms with Crippen LogP contribution in [-0.2, 0) is 0 Å². The fraction of sp³-hybridized carbons (Fsp3) is 0.500. The molecule has 1 fully saturated rings. The Labute approximate surface area is 112 Å². The lowest BCUT2D eigenvalue weighted by Crippen LogP contribution is -2.49. The van der Waals surface area contributed by atoms with Crippen molar-refractivity contribution in [3.8, 4) is 5.75 Å². The fourth-order valence-corrected chi connectivity index (χ4v) is 2.59. The number of rotatable bonds is 2. The lowest BCUT2D eigenvalue weighted by molar-refractivity contribution is 0.208. The van der Waals surface area contributed by atoms with Gasteiger partial charge in [-0.2, -0.15) is 0 Å². The van der Waals surface area contributed by atoms with Gasteiger partial charge < -0.3 is 14.5 Å². The molecule has 1 aliphatic heterocycles.